The second-order valence-electron chi connectivity index (χ2n) is 11.1. The molecule has 1 aromatic heterocycles. The molecule has 1 N–H and O–H groups in total. The Bertz CT molecular complexity index is 1080. The molecule has 7 nitrogen and oxygen atoms in total. The van der Waals surface area contributed by atoms with Gasteiger partial charge in [-0.25, -0.2) is 4.79 Å². The van der Waals surface area contributed by atoms with Crippen molar-refractivity contribution in [3.63, 3.8) is 0 Å². The topological polar surface area (TPSA) is 76.3 Å². The molecule has 3 unspecified atom stereocenters. The molecule has 2 aromatic rings. The summed E-state index contributed by atoms with van der Waals surface area (Å²) in [6, 6.07) is 5.39. The number of likely N-dealkylation sites (N-methyl/N-ethyl adjacent to an activating group) is 1. The summed E-state index contributed by atoms with van der Waals surface area (Å²) in [5.41, 5.74) is 2.69. The molecule has 3 rings (SSSR count). The van der Waals surface area contributed by atoms with Crippen LogP contribution in [0, 0.1) is 11.8 Å². The van der Waals surface area contributed by atoms with Crippen LogP contribution in [0.2, 0.25) is 0 Å². The van der Waals surface area contributed by atoms with E-state index >= 15 is 0 Å². The number of hydrogen-bond donors (Lipinski definition) is 1. The molecule has 0 bridgehead atoms. The van der Waals surface area contributed by atoms with Crippen LogP contribution in [0.1, 0.15) is 96.1 Å². The van der Waals surface area contributed by atoms with E-state index in [0.29, 0.717) is 12.3 Å². The van der Waals surface area contributed by atoms with Gasteiger partial charge in [0.1, 0.15) is 12.3 Å². The summed E-state index contributed by atoms with van der Waals surface area (Å²) < 4.78 is 3.28. The molecule has 7 heteroatoms. The monoisotopic (exact) mass is 512 g/mol. The first-order valence-electron chi connectivity index (χ1n) is 14.4. The third-order valence-corrected chi connectivity index (χ3v) is 8.56. The predicted octanol–water partition coefficient (Wildman–Crippen LogP) is 5.03. The molecule has 2 heterocycles. The van der Waals surface area contributed by atoms with E-state index in [1.165, 1.54) is 44.2 Å². The first-order chi connectivity index (χ1) is 17.9. The highest BCUT2D eigenvalue weighted by Crippen LogP contribution is 2.34. The summed E-state index contributed by atoms with van der Waals surface area (Å²) in [5.74, 6) is 1.73. The minimum Gasteiger partial charge on any atom is -0.357 e. The summed E-state index contributed by atoms with van der Waals surface area (Å²) in [4.78, 5) is 39.7. The Hall–Kier alpha value is -2.41. The molecular weight excluding hydrogens is 464 g/mol. The second-order valence-corrected chi connectivity index (χ2v) is 11.1. The van der Waals surface area contributed by atoms with Gasteiger partial charge in [0.05, 0.1) is 11.0 Å². The lowest BCUT2D eigenvalue weighted by Crippen LogP contribution is -2.36. The highest BCUT2D eigenvalue weighted by molar-refractivity contribution is 5.85. The number of rotatable bonds is 14. The van der Waals surface area contributed by atoms with E-state index in [1.54, 1.807) is 23.2 Å². The summed E-state index contributed by atoms with van der Waals surface area (Å²) >= 11 is 0. The molecule has 0 radical (unpaired) electrons. The van der Waals surface area contributed by atoms with Gasteiger partial charge in [0.15, 0.2) is 0 Å². The van der Waals surface area contributed by atoms with Gasteiger partial charge in [0.2, 0.25) is 5.91 Å². The Balaban J connectivity index is 1.79. The van der Waals surface area contributed by atoms with Crippen LogP contribution in [-0.2, 0) is 16.6 Å². The Morgan fingerprint density at radius 3 is 2.49 bits per heavy atom. The van der Waals surface area contributed by atoms with E-state index in [4.69, 9.17) is 0 Å². The van der Waals surface area contributed by atoms with Crippen LogP contribution < -0.4 is 11.0 Å². The normalized spacial score (nSPS) is 17.5. The zero-order chi connectivity index (χ0) is 26.9. The lowest BCUT2D eigenvalue weighted by Gasteiger charge is -2.35. The fraction of sp³-hybridized carbons (Fsp3) is 0.700. The summed E-state index contributed by atoms with van der Waals surface area (Å²) in [5, 5.41) is 2.67. The number of imidazole rings is 1. The number of fused-ring (bicyclic) bond motifs is 1. The fourth-order valence-corrected chi connectivity index (χ4v) is 6.12. The standard InChI is InChI=1S/C30H48N4O3/c1-6-10-23(15-14-22(3)7-2)21-33-18-16-24(17-19-33)25-11-8-12-26-28(25)32(5)30(37)34(26)27(13-9-20-35)29(36)31-4/h8,11-12,20,22-24,27H,6-7,9-10,13-19,21H2,1-5H3,(H,31,36). The van der Waals surface area contributed by atoms with Crippen LogP contribution in [0.4, 0.5) is 0 Å². The van der Waals surface area contributed by atoms with Gasteiger partial charge in [-0.2, -0.15) is 0 Å². The van der Waals surface area contributed by atoms with Crippen molar-refractivity contribution in [2.45, 2.75) is 90.5 Å². The first kappa shape index (κ1) is 29.2. The Morgan fingerprint density at radius 1 is 1.14 bits per heavy atom. The van der Waals surface area contributed by atoms with Gasteiger partial charge in [0, 0.05) is 27.1 Å². The van der Waals surface area contributed by atoms with E-state index in [2.05, 4.69) is 37.1 Å². The fourth-order valence-electron chi connectivity index (χ4n) is 6.12. The predicted molar refractivity (Wildman–Crippen MR) is 151 cm³/mol. The molecular formula is C30H48N4O3. The third-order valence-electron chi connectivity index (χ3n) is 8.56. The molecule has 1 saturated heterocycles. The molecule has 206 valence electrons. The van der Waals surface area contributed by atoms with Crippen molar-refractivity contribution in [1.82, 2.24) is 19.4 Å². The number of aromatic nitrogens is 2. The Morgan fingerprint density at radius 2 is 1.86 bits per heavy atom. The van der Waals surface area contributed by atoms with Gasteiger partial charge in [-0.3, -0.25) is 13.9 Å². The lowest BCUT2D eigenvalue weighted by molar-refractivity contribution is -0.124. The van der Waals surface area contributed by atoms with Gasteiger partial charge < -0.3 is 15.0 Å². The number of hydrogen-bond acceptors (Lipinski definition) is 4. The van der Waals surface area contributed by atoms with E-state index in [1.807, 2.05) is 12.1 Å². The number of carbonyl (C=O) groups is 2. The van der Waals surface area contributed by atoms with Gasteiger partial charge in [-0.1, -0.05) is 52.2 Å². The Labute approximate surface area is 222 Å². The molecule has 0 spiro atoms. The minimum atomic E-state index is -0.700. The minimum absolute atomic E-state index is 0.205. The average Bonchev–Trinajstić information content (AvgIpc) is 3.17. The molecule has 1 aromatic carbocycles. The van der Waals surface area contributed by atoms with Gasteiger partial charge in [0.25, 0.3) is 0 Å². The quantitative estimate of drug-likeness (QED) is 0.360. The number of carbonyl (C=O) groups excluding carboxylic acids is 2. The number of benzene rings is 1. The van der Waals surface area contributed by atoms with Crippen LogP contribution in [-0.4, -0.2) is 52.9 Å². The first-order valence-corrected chi connectivity index (χ1v) is 14.4. The molecule has 1 aliphatic rings. The molecule has 0 saturated carbocycles. The number of para-hydroxylation sites is 1. The molecule has 1 amide bonds. The van der Waals surface area contributed by atoms with Crippen molar-refractivity contribution in [1.29, 1.82) is 0 Å². The smallest absolute Gasteiger partial charge is 0.329 e. The SMILES string of the molecule is CCCC(CCC(C)CC)CN1CCC(c2cccc3c2n(C)c(=O)n3C(CCC=O)C(=O)NC)CC1. The second kappa shape index (κ2) is 13.9. The van der Waals surface area contributed by atoms with Crippen LogP contribution in [0.5, 0.6) is 0 Å². The molecule has 3 atom stereocenters. The summed E-state index contributed by atoms with van der Waals surface area (Å²) in [7, 11) is 3.37. The number of nitrogens with zero attached hydrogens (tertiary/aromatic N) is 3. The number of piperidine rings is 1. The van der Waals surface area contributed by atoms with Crippen LogP contribution in [0.25, 0.3) is 11.0 Å². The van der Waals surface area contributed by atoms with E-state index < -0.39 is 6.04 Å². The van der Waals surface area contributed by atoms with E-state index in [9.17, 15) is 14.4 Å². The maximum atomic E-state index is 13.4. The van der Waals surface area contributed by atoms with Crippen LogP contribution in [0.15, 0.2) is 23.0 Å². The Kier molecular flexibility index (Phi) is 11.0. The van der Waals surface area contributed by atoms with Crippen molar-refractivity contribution in [3.05, 3.63) is 34.2 Å². The molecule has 1 aliphatic heterocycles. The highest BCUT2D eigenvalue weighted by Gasteiger charge is 2.29. The summed E-state index contributed by atoms with van der Waals surface area (Å²) in [6.07, 6.45) is 9.97. The van der Waals surface area contributed by atoms with Crippen LogP contribution in [0.3, 0.4) is 0 Å². The zero-order valence-electron chi connectivity index (χ0n) is 23.7. The third kappa shape index (κ3) is 6.92. The van der Waals surface area contributed by atoms with Crippen molar-refractivity contribution < 1.29 is 9.59 Å². The number of nitrogens with one attached hydrogen (secondary N) is 1. The number of likely N-dealkylation sites (tertiary alicyclic amines) is 1. The maximum absolute atomic E-state index is 13.4. The van der Waals surface area contributed by atoms with Crippen molar-refractivity contribution in [2.24, 2.45) is 18.9 Å². The van der Waals surface area contributed by atoms with Crippen molar-refractivity contribution in [2.75, 3.05) is 26.7 Å². The lowest BCUT2D eigenvalue weighted by atomic mass is 9.87. The molecule has 37 heavy (non-hydrogen) atoms. The number of amides is 1. The van der Waals surface area contributed by atoms with Gasteiger partial charge >= 0.3 is 5.69 Å². The number of aldehydes is 1. The van der Waals surface area contributed by atoms with Crippen molar-refractivity contribution in [3.8, 4) is 0 Å². The van der Waals surface area contributed by atoms with E-state index in [0.717, 1.165) is 55.1 Å². The van der Waals surface area contributed by atoms with Crippen LogP contribution >= 0.6 is 0 Å². The maximum Gasteiger partial charge on any atom is 0.329 e. The highest BCUT2D eigenvalue weighted by atomic mass is 16.2. The van der Waals surface area contributed by atoms with Gasteiger partial charge in [-0.05, 0) is 74.6 Å². The number of aryl methyl sites for hydroxylation is 1. The molecule has 1 fully saturated rings. The van der Waals surface area contributed by atoms with Gasteiger partial charge in [-0.15, -0.1) is 0 Å². The largest absolute Gasteiger partial charge is 0.357 e. The zero-order valence-corrected chi connectivity index (χ0v) is 23.7. The molecule has 0 aliphatic carbocycles. The van der Waals surface area contributed by atoms with Crippen molar-refractivity contribution >= 4 is 23.2 Å². The average molecular weight is 513 g/mol. The van der Waals surface area contributed by atoms with E-state index in [-0.39, 0.29) is 18.0 Å². The summed E-state index contributed by atoms with van der Waals surface area (Å²) in [6.45, 7) is 10.3.